The fraction of sp³-hybridized carbons (Fsp3) is 0.167. The molecular formula is C18H17ClFN5. The van der Waals surface area contributed by atoms with Gasteiger partial charge in [-0.25, -0.2) is 4.39 Å². The highest BCUT2D eigenvalue weighted by Gasteiger charge is 2.08. The van der Waals surface area contributed by atoms with Crippen molar-refractivity contribution < 1.29 is 4.39 Å². The van der Waals surface area contributed by atoms with Crippen molar-refractivity contribution in [1.29, 1.82) is 0 Å². The Bertz CT molecular complexity index is 900. The number of aromatic nitrogens is 3. The van der Waals surface area contributed by atoms with Gasteiger partial charge in [0.25, 0.3) is 0 Å². The molecule has 5 nitrogen and oxygen atoms in total. The summed E-state index contributed by atoms with van der Waals surface area (Å²) in [7, 11) is 0. The SMILES string of the molecule is CCc1cccc(C)c1Nc1cnnc(Nc2ccc(F)c(Cl)c2)n1. The van der Waals surface area contributed by atoms with Gasteiger partial charge in [0.1, 0.15) is 5.82 Å². The van der Waals surface area contributed by atoms with E-state index >= 15 is 0 Å². The van der Waals surface area contributed by atoms with Crippen molar-refractivity contribution in [2.24, 2.45) is 0 Å². The van der Waals surface area contributed by atoms with E-state index in [1.807, 2.05) is 19.1 Å². The molecule has 0 fully saturated rings. The first-order valence-corrected chi connectivity index (χ1v) is 8.22. The molecule has 25 heavy (non-hydrogen) atoms. The maximum absolute atomic E-state index is 13.2. The number of hydrogen-bond donors (Lipinski definition) is 2. The summed E-state index contributed by atoms with van der Waals surface area (Å²) < 4.78 is 13.2. The van der Waals surface area contributed by atoms with Crippen molar-refractivity contribution in [2.45, 2.75) is 20.3 Å². The Labute approximate surface area is 150 Å². The van der Waals surface area contributed by atoms with Crippen LogP contribution < -0.4 is 10.6 Å². The van der Waals surface area contributed by atoms with Gasteiger partial charge in [0.05, 0.1) is 11.2 Å². The van der Waals surface area contributed by atoms with Crippen molar-refractivity contribution in [3.05, 3.63) is 64.6 Å². The molecule has 0 aliphatic heterocycles. The second-order valence-corrected chi connectivity index (χ2v) is 5.91. The molecule has 0 aliphatic rings. The fourth-order valence-corrected chi connectivity index (χ4v) is 2.63. The van der Waals surface area contributed by atoms with Crippen LogP contribution in [0.2, 0.25) is 5.02 Å². The molecule has 1 aromatic heterocycles. The number of para-hydroxylation sites is 1. The van der Waals surface area contributed by atoms with E-state index in [1.165, 1.54) is 17.7 Å². The molecule has 7 heteroatoms. The Hall–Kier alpha value is -2.73. The maximum Gasteiger partial charge on any atom is 0.249 e. The third kappa shape index (κ3) is 4.03. The Kier molecular flexibility index (Phi) is 5.09. The maximum atomic E-state index is 13.2. The summed E-state index contributed by atoms with van der Waals surface area (Å²) >= 11 is 5.79. The molecule has 0 amide bonds. The number of nitrogens with one attached hydrogen (secondary N) is 2. The predicted octanol–water partition coefficient (Wildman–Crippen LogP) is 5.02. The number of hydrogen-bond acceptors (Lipinski definition) is 5. The summed E-state index contributed by atoms with van der Waals surface area (Å²) in [5.41, 5.74) is 3.91. The van der Waals surface area contributed by atoms with Gasteiger partial charge in [0.2, 0.25) is 5.95 Å². The third-order valence-electron chi connectivity index (χ3n) is 3.73. The van der Waals surface area contributed by atoms with Gasteiger partial charge in [0, 0.05) is 11.4 Å². The largest absolute Gasteiger partial charge is 0.338 e. The van der Waals surface area contributed by atoms with E-state index in [1.54, 1.807) is 12.3 Å². The monoisotopic (exact) mass is 357 g/mol. The van der Waals surface area contributed by atoms with Crippen LogP contribution in [0.3, 0.4) is 0 Å². The van der Waals surface area contributed by atoms with Crippen LogP contribution in [0.1, 0.15) is 18.1 Å². The lowest BCUT2D eigenvalue weighted by Crippen LogP contribution is -2.04. The summed E-state index contributed by atoms with van der Waals surface area (Å²) in [5, 5.41) is 14.2. The Balaban J connectivity index is 1.83. The number of halogens is 2. The highest BCUT2D eigenvalue weighted by molar-refractivity contribution is 6.31. The summed E-state index contributed by atoms with van der Waals surface area (Å²) in [6.45, 7) is 4.14. The van der Waals surface area contributed by atoms with Crippen LogP contribution in [0.25, 0.3) is 0 Å². The van der Waals surface area contributed by atoms with Crippen LogP contribution in [-0.4, -0.2) is 15.2 Å². The van der Waals surface area contributed by atoms with Gasteiger partial charge in [-0.1, -0.05) is 36.7 Å². The van der Waals surface area contributed by atoms with E-state index in [4.69, 9.17) is 11.6 Å². The topological polar surface area (TPSA) is 62.7 Å². The molecule has 0 aliphatic carbocycles. The first kappa shape index (κ1) is 17.1. The number of aryl methyl sites for hydroxylation is 2. The minimum Gasteiger partial charge on any atom is -0.338 e. The highest BCUT2D eigenvalue weighted by atomic mass is 35.5. The van der Waals surface area contributed by atoms with E-state index in [0.29, 0.717) is 17.5 Å². The average molecular weight is 358 g/mol. The summed E-state index contributed by atoms with van der Waals surface area (Å²) in [6.07, 6.45) is 2.45. The van der Waals surface area contributed by atoms with E-state index in [9.17, 15) is 4.39 Å². The van der Waals surface area contributed by atoms with Gasteiger partial charge in [-0.15, -0.1) is 5.10 Å². The molecule has 2 N–H and O–H groups in total. The molecule has 0 unspecified atom stereocenters. The molecule has 3 rings (SSSR count). The molecule has 0 spiro atoms. The van der Waals surface area contributed by atoms with Gasteiger partial charge in [-0.2, -0.15) is 10.1 Å². The van der Waals surface area contributed by atoms with Crippen LogP contribution >= 0.6 is 11.6 Å². The molecule has 0 bridgehead atoms. The highest BCUT2D eigenvalue weighted by Crippen LogP contribution is 2.25. The Morgan fingerprint density at radius 2 is 2.00 bits per heavy atom. The number of nitrogens with zero attached hydrogens (tertiary/aromatic N) is 3. The molecule has 0 saturated heterocycles. The summed E-state index contributed by atoms with van der Waals surface area (Å²) in [5.74, 6) is 0.377. The van der Waals surface area contributed by atoms with Crippen LogP contribution in [0.15, 0.2) is 42.6 Å². The molecule has 3 aromatic rings. The first-order valence-electron chi connectivity index (χ1n) is 7.84. The summed E-state index contributed by atoms with van der Waals surface area (Å²) in [6, 6.07) is 10.4. The van der Waals surface area contributed by atoms with Gasteiger partial charge in [-0.05, 0) is 42.7 Å². The molecule has 2 aromatic carbocycles. The molecule has 0 atom stereocenters. The number of rotatable bonds is 5. The van der Waals surface area contributed by atoms with Crippen LogP contribution in [0, 0.1) is 12.7 Å². The molecule has 0 saturated carbocycles. The van der Waals surface area contributed by atoms with Crippen molar-refractivity contribution in [1.82, 2.24) is 15.2 Å². The summed E-state index contributed by atoms with van der Waals surface area (Å²) in [4.78, 5) is 4.40. The van der Waals surface area contributed by atoms with Gasteiger partial charge < -0.3 is 10.6 Å². The average Bonchev–Trinajstić information content (AvgIpc) is 2.60. The van der Waals surface area contributed by atoms with Crippen molar-refractivity contribution in [3.63, 3.8) is 0 Å². The second kappa shape index (κ2) is 7.44. The quantitative estimate of drug-likeness (QED) is 0.671. The Morgan fingerprint density at radius 1 is 1.16 bits per heavy atom. The van der Waals surface area contributed by atoms with Crippen LogP contribution in [-0.2, 0) is 6.42 Å². The van der Waals surface area contributed by atoms with E-state index in [2.05, 4.69) is 38.8 Å². The predicted molar refractivity (Wildman–Crippen MR) is 98.4 cm³/mol. The smallest absolute Gasteiger partial charge is 0.249 e. The van der Waals surface area contributed by atoms with E-state index in [-0.39, 0.29) is 5.02 Å². The zero-order chi connectivity index (χ0) is 17.8. The van der Waals surface area contributed by atoms with E-state index in [0.717, 1.165) is 17.7 Å². The minimum atomic E-state index is -0.478. The minimum absolute atomic E-state index is 0.0275. The van der Waals surface area contributed by atoms with Gasteiger partial charge in [-0.3, -0.25) is 0 Å². The lowest BCUT2D eigenvalue weighted by atomic mass is 10.1. The fourth-order valence-electron chi connectivity index (χ4n) is 2.45. The molecule has 0 radical (unpaired) electrons. The number of anilines is 4. The normalized spacial score (nSPS) is 10.6. The van der Waals surface area contributed by atoms with Crippen molar-refractivity contribution in [2.75, 3.05) is 10.6 Å². The third-order valence-corrected chi connectivity index (χ3v) is 4.02. The standard InChI is InChI=1S/C18H17ClFN5/c1-3-12-6-4-5-11(2)17(12)23-16-10-21-25-18(24-16)22-13-7-8-15(20)14(19)9-13/h4-10H,3H2,1-2H3,(H2,22,23,24,25). The van der Waals surface area contributed by atoms with Crippen molar-refractivity contribution in [3.8, 4) is 0 Å². The van der Waals surface area contributed by atoms with E-state index < -0.39 is 5.82 Å². The van der Waals surface area contributed by atoms with Crippen LogP contribution in [0.4, 0.5) is 27.5 Å². The van der Waals surface area contributed by atoms with Crippen molar-refractivity contribution >= 4 is 34.7 Å². The zero-order valence-electron chi connectivity index (χ0n) is 13.8. The molecule has 128 valence electrons. The molecular weight excluding hydrogens is 341 g/mol. The van der Waals surface area contributed by atoms with Gasteiger partial charge >= 0.3 is 0 Å². The van der Waals surface area contributed by atoms with Gasteiger partial charge in [0.15, 0.2) is 5.82 Å². The first-order chi connectivity index (χ1) is 12.1. The lowest BCUT2D eigenvalue weighted by molar-refractivity contribution is 0.628. The second-order valence-electron chi connectivity index (χ2n) is 5.51. The molecule has 1 heterocycles. The zero-order valence-corrected chi connectivity index (χ0v) is 14.6. The lowest BCUT2D eigenvalue weighted by Gasteiger charge is -2.13. The van der Waals surface area contributed by atoms with Crippen LogP contribution in [0.5, 0.6) is 0 Å². The number of benzene rings is 2. The Morgan fingerprint density at radius 3 is 2.76 bits per heavy atom.